The summed E-state index contributed by atoms with van der Waals surface area (Å²) in [6, 6.07) is 0.406. The third-order valence-corrected chi connectivity index (χ3v) is 2.87. The van der Waals surface area contributed by atoms with Crippen molar-refractivity contribution in [1.29, 1.82) is 0 Å². The van der Waals surface area contributed by atoms with Crippen molar-refractivity contribution < 1.29 is 4.74 Å². The SMILES string of the molecule is CCCn1ccnc1NC1CCOC1C. The lowest BCUT2D eigenvalue weighted by atomic mass is 10.2. The van der Waals surface area contributed by atoms with E-state index in [1.807, 2.05) is 12.4 Å². The molecule has 1 aliphatic heterocycles. The normalized spacial score (nSPS) is 25.7. The van der Waals surface area contributed by atoms with Crippen molar-refractivity contribution >= 4 is 5.95 Å². The monoisotopic (exact) mass is 209 g/mol. The van der Waals surface area contributed by atoms with E-state index in [1.54, 1.807) is 0 Å². The van der Waals surface area contributed by atoms with Crippen molar-refractivity contribution in [2.24, 2.45) is 0 Å². The van der Waals surface area contributed by atoms with Crippen LogP contribution < -0.4 is 5.32 Å². The molecule has 2 rings (SSSR count). The molecule has 1 N–H and O–H groups in total. The van der Waals surface area contributed by atoms with E-state index >= 15 is 0 Å². The molecule has 0 aliphatic carbocycles. The van der Waals surface area contributed by atoms with Crippen LogP contribution in [-0.4, -0.2) is 28.3 Å². The molecular formula is C11H19N3O. The molecule has 4 nitrogen and oxygen atoms in total. The number of aromatic nitrogens is 2. The van der Waals surface area contributed by atoms with Crippen molar-refractivity contribution in [3.8, 4) is 0 Å². The van der Waals surface area contributed by atoms with Crippen LogP contribution in [0.25, 0.3) is 0 Å². The summed E-state index contributed by atoms with van der Waals surface area (Å²) in [6.07, 6.45) is 6.35. The van der Waals surface area contributed by atoms with Gasteiger partial charge in [-0.15, -0.1) is 0 Å². The molecule has 15 heavy (non-hydrogen) atoms. The second-order valence-corrected chi connectivity index (χ2v) is 4.06. The molecule has 1 saturated heterocycles. The summed E-state index contributed by atoms with van der Waals surface area (Å²) < 4.78 is 7.67. The molecule has 4 heteroatoms. The number of hydrogen-bond acceptors (Lipinski definition) is 3. The van der Waals surface area contributed by atoms with Crippen LogP contribution >= 0.6 is 0 Å². The van der Waals surface area contributed by atoms with Crippen molar-refractivity contribution in [3.05, 3.63) is 12.4 Å². The van der Waals surface area contributed by atoms with Gasteiger partial charge < -0.3 is 14.6 Å². The number of nitrogens with one attached hydrogen (secondary N) is 1. The first-order valence-corrected chi connectivity index (χ1v) is 5.70. The summed E-state index contributed by atoms with van der Waals surface area (Å²) in [5, 5.41) is 3.45. The van der Waals surface area contributed by atoms with Crippen LogP contribution in [0.15, 0.2) is 12.4 Å². The van der Waals surface area contributed by atoms with Crippen molar-refractivity contribution in [2.75, 3.05) is 11.9 Å². The van der Waals surface area contributed by atoms with E-state index in [4.69, 9.17) is 4.74 Å². The first-order chi connectivity index (χ1) is 7.31. The fourth-order valence-corrected chi connectivity index (χ4v) is 1.96. The van der Waals surface area contributed by atoms with Gasteiger partial charge in [-0.3, -0.25) is 0 Å². The summed E-state index contributed by atoms with van der Waals surface area (Å²) in [5.41, 5.74) is 0. The summed E-state index contributed by atoms with van der Waals surface area (Å²) in [5.74, 6) is 0.971. The Hall–Kier alpha value is -1.03. The Balaban J connectivity index is 2.00. The number of rotatable bonds is 4. The molecule has 0 amide bonds. The van der Waals surface area contributed by atoms with E-state index in [9.17, 15) is 0 Å². The third kappa shape index (κ3) is 2.31. The molecule has 1 fully saturated rings. The Morgan fingerprint density at radius 2 is 2.53 bits per heavy atom. The molecule has 1 aromatic heterocycles. The maximum Gasteiger partial charge on any atom is 0.203 e. The van der Waals surface area contributed by atoms with Crippen molar-refractivity contribution in [1.82, 2.24) is 9.55 Å². The van der Waals surface area contributed by atoms with Gasteiger partial charge in [0.2, 0.25) is 5.95 Å². The number of ether oxygens (including phenoxy) is 1. The second-order valence-electron chi connectivity index (χ2n) is 4.06. The number of anilines is 1. The van der Waals surface area contributed by atoms with Gasteiger partial charge in [-0.05, 0) is 19.8 Å². The van der Waals surface area contributed by atoms with Crippen molar-refractivity contribution in [3.63, 3.8) is 0 Å². The highest BCUT2D eigenvalue weighted by atomic mass is 16.5. The average Bonchev–Trinajstić information content (AvgIpc) is 2.80. The number of nitrogens with zero attached hydrogens (tertiary/aromatic N) is 2. The molecule has 0 radical (unpaired) electrons. The predicted octanol–water partition coefficient (Wildman–Crippen LogP) is 1.88. The standard InChI is InChI=1S/C11H19N3O/c1-3-6-14-7-5-12-11(14)13-10-4-8-15-9(10)2/h5,7,9-10H,3-4,6,8H2,1-2H3,(H,12,13). The Morgan fingerprint density at radius 1 is 1.67 bits per heavy atom. The number of imidazole rings is 1. The van der Waals surface area contributed by atoms with E-state index in [0.717, 1.165) is 31.9 Å². The molecule has 0 aromatic carbocycles. The molecule has 0 saturated carbocycles. The van der Waals surface area contributed by atoms with Gasteiger partial charge in [-0.1, -0.05) is 6.92 Å². The molecule has 84 valence electrons. The smallest absolute Gasteiger partial charge is 0.203 e. The summed E-state index contributed by atoms with van der Waals surface area (Å²) in [6.45, 7) is 6.15. The van der Waals surface area contributed by atoms with Crippen LogP contribution in [-0.2, 0) is 11.3 Å². The summed E-state index contributed by atoms with van der Waals surface area (Å²) >= 11 is 0. The van der Waals surface area contributed by atoms with Crippen LogP contribution in [0.1, 0.15) is 26.7 Å². The topological polar surface area (TPSA) is 39.1 Å². The Labute approximate surface area is 90.6 Å². The van der Waals surface area contributed by atoms with Gasteiger partial charge in [-0.2, -0.15) is 0 Å². The lowest BCUT2D eigenvalue weighted by Crippen LogP contribution is -2.28. The average molecular weight is 209 g/mol. The molecule has 1 aliphatic rings. The van der Waals surface area contributed by atoms with Gasteiger partial charge >= 0.3 is 0 Å². The van der Waals surface area contributed by atoms with Gasteiger partial charge in [0, 0.05) is 25.5 Å². The molecule has 0 spiro atoms. The largest absolute Gasteiger partial charge is 0.376 e. The quantitative estimate of drug-likeness (QED) is 0.823. The molecule has 2 unspecified atom stereocenters. The first kappa shape index (κ1) is 10.5. The molecule has 2 atom stereocenters. The van der Waals surface area contributed by atoms with E-state index in [1.165, 1.54) is 0 Å². The van der Waals surface area contributed by atoms with Crippen LogP contribution in [0.5, 0.6) is 0 Å². The van der Waals surface area contributed by atoms with E-state index in [-0.39, 0.29) is 6.10 Å². The van der Waals surface area contributed by atoms with Crippen LogP contribution in [0.2, 0.25) is 0 Å². The van der Waals surface area contributed by atoms with E-state index in [2.05, 4.69) is 28.7 Å². The van der Waals surface area contributed by atoms with Gasteiger partial charge in [0.05, 0.1) is 12.1 Å². The second kappa shape index (κ2) is 4.66. The van der Waals surface area contributed by atoms with E-state index < -0.39 is 0 Å². The minimum absolute atomic E-state index is 0.289. The molecular weight excluding hydrogens is 190 g/mol. The zero-order valence-electron chi connectivity index (χ0n) is 9.44. The summed E-state index contributed by atoms with van der Waals surface area (Å²) in [7, 11) is 0. The molecule has 2 heterocycles. The van der Waals surface area contributed by atoms with Crippen LogP contribution in [0.4, 0.5) is 5.95 Å². The van der Waals surface area contributed by atoms with Gasteiger partial charge in [-0.25, -0.2) is 4.98 Å². The fourth-order valence-electron chi connectivity index (χ4n) is 1.96. The maximum absolute atomic E-state index is 5.51. The number of aryl methyl sites for hydroxylation is 1. The highest BCUT2D eigenvalue weighted by Gasteiger charge is 2.24. The fraction of sp³-hybridized carbons (Fsp3) is 0.727. The first-order valence-electron chi connectivity index (χ1n) is 5.70. The zero-order chi connectivity index (χ0) is 10.7. The zero-order valence-corrected chi connectivity index (χ0v) is 9.44. The highest BCUT2D eigenvalue weighted by molar-refractivity contribution is 5.28. The Kier molecular flexibility index (Phi) is 3.26. The maximum atomic E-state index is 5.51. The molecule has 1 aromatic rings. The predicted molar refractivity (Wildman–Crippen MR) is 60.0 cm³/mol. The van der Waals surface area contributed by atoms with Gasteiger partial charge in [0.15, 0.2) is 0 Å². The summed E-state index contributed by atoms with van der Waals surface area (Å²) in [4.78, 5) is 4.33. The minimum Gasteiger partial charge on any atom is -0.376 e. The Bertz CT molecular complexity index is 311. The molecule has 0 bridgehead atoms. The third-order valence-electron chi connectivity index (χ3n) is 2.87. The van der Waals surface area contributed by atoms with Gasteiger partial charge in [0.1, 0.15) is 0 Å². The van der Waals surface area contributed by atoms with Gasteiger partial charge in [0.25, 0.3) is 0 Å². The highest BCUT2D eigenvalue weighted by Crippen LogP contribution is 2.17. The number of hydrogen-bond donors (Lipinski definition) is 1. The van der Waals surface area contributed by atoms with Crippen LogP contribution in [0, 0.1) is 0 Å². The van der Waals surface area contributed by atoms with Crippen LogP contribution in [0.3, 0.4) is 0 Å². The minimum atomic E-state index is 0.289. The lowest BCUT2D eigenvalue weighted by molar-refractivity contribution is 0.121. The Morgan fingerprint density at radius 3 is 3.20 bits per heavy atom. The lowest BCUT2D eigenvalue weighted by Gasteiger charge is -2.17. The van der Waals surface area contributed by atoms with E-state index in [0.29, 0.717) is 6.04 Å². The van der Waals surface area contributed by atoms with Crippen molar-refractivity contribution in [2.45, 2.75) is 45.4 Å².